The Bertz CT molecular complexity index is 391. The smallest absolute Gasteiger partial charge is 0.124 e. The molecular weight excluding hydrogens is 236 g/mol. The Morgan fingerprint density at radius 2 is 2.18 bits per heavy atom. The van der Waals surface area contributed by atoms with E-state index in [1.807, 2.05) is 0 Å². The van der Waals surface area contributed by atoms with Crippen molar-refractivity contribution in [1.29, 1.82) is 5.41 Å². The van der Waals surface area contributed by atoms with Gasteiger partial charge in [-0.15, -0.1) is 0 Å². The minimum Gasteiger partial charge on any atom is -0.494 e. The van der Waals surface area contributed by atoms with Crippen LogP contribution in [0.4, 0.5) is 0 Å². The lowest BCUT2D eigenvalue weighted by molar-refractivity contribution is 0.298. The monoisotopic (exact) mass is 254 g/mol. The molecule has 0 radical (unpaired) electrons. The van der Waals surface area contributed by atoms with Gasteiger partial charge in [-0.05, 0) is 37.0 Å². The molecule has 0 saturated heterocycles. The van der Waals surface area contributed by atoms with Crippen LogP contribution in [0.1, 0.15) is 32.3 Å². The van der Waals surface area contributed by atoms with E-state index in [9.17, 15) is 0 Å². The maximum absolute atomic E-state index is 7.31. The number of amidine groups is 1. The number of hydrogen-bond donors (Lipinski definition) is 2. The Balaban J connectivity index is 2.50. The molecule has 0 aliphatic heterocycles. The van der Waals surface area contributed by atoms with Gasteiger partial charge in [-0.25, -0.2) is 0 Å². The molecule has 0 amide bonds. The maximum atomic E-state index is 7.31. The molecule has 0 spiro atoms. The lowest BCUT2D eigenvalue weighted by atomic mass is 10.1. The van der Waals surface area contributed by atoms with Crippen molar-refractivity contribution in [2.24, 2.45) is 11.7 Å². The average Bonchev–Trinajstić information content (AvgIpc) is 2.23. The number of nitrogens with two attached hydrogens (primary N) is 1. The van der Waals surface area contributed by atoms with E-state index in [0.29, 0.717) is 23.1 Å². The van der Waals surface area contributed by atoms with Gasteiger partial charge in [0, 0.05) is 5.56 Å². The van der Waals surface area contributed by atoms with Crippen molar-refractivity contribution in [2.75, 3.05) is 6.61 Å². The van der Waals surface area contributed by atoms with Gasteiger partial charge in [0.2, 0.25) is 0 Å². The predicted octanol–water partition coefficient (Wildman–Crippen LogP) is 3.44. The molecular formula is C13H19ClN2O. The van der Waals surface area contributed by atoms with Crippen LogP contribution in [-0.2, 0) is 0 Å². The fraction of sp³-hybridized carbons (Fsp3) is 0.462. The summed E-state index contributed by atoms with van der Waals surface area (Å²) in [5.41, 5.74) is 5.92. The summed E-state index contributed by atoms with van der Waals surface area (Å²) in [4.78, 5) is 0. The molecule has 0 aliphatic carbocycles. The molecule has 0 atom stereocenters. The minimum atomic E-state index is -0.0265. The molecule has 0 saturated carbocycles. The van der Waals surface area contributed by atoms with Gasteiger partial charge in [-0.1, -0.05) is 25.4 Å². The number of nitrogen functional groups attached to an aromatic ring is 1. The zero-order valence-corrected chi connectivity index (χ0v) is 11.1. The molecule has 0 aromatic heterocycles. The maximum Gasteiger partial charge on any atom is 0.124 e. The zero-order valence-electron chi connectivity index (χ0n) is 10.3. The standard InChI is InChI=1S/C13H19ClN2O/c1-9(2)4-3-7-17-10-5-6-11(13(15)16)12(14)8-10/h5-6,8-9H,3-4,7H2,1-2H3,(H3,15,16). The van der Waals surface area contributed by atoms with Crippen LogP contribution < -0.4 is 10.5 Å². The first-order valence-corrected chi connectivity index (χ1v) is 6.15. The summed E-state index contributed by atoms with van der Waals surface area (Å²) < 4.78 is 5.58. The number of hydrogen-bond acceptors (Lipinski definition) is 2. The number of ether oxygens (including phenoxy) is 1. The van der Waals surface area contributed by atoms with Gasteiger partial charge in [-0.3, -0.25) is 5.41 Å². The average molecular weight is 255 g/mol. The lowest BCUT2D eigenvalue weighted by Crippen LogP contribution is -2.11. The summed E-state index contributed by atoms with van der Waals surface area (Å²) in [6.07, 6.45) is 2.18. The molecule has 1 aromatic rings. The summed E-state index contributed by atoms with van der Waals surface area (Å²) in [6.45, 7) is 5.07. The van der Waals surface area contributed by atoms with Gasteiger partial charge in [0.15, 0.2) is 0 Å². The number of rotatable bonds is 6. The Kier molecular flexibility index (Phi) is 5.29. The van der Waals surface area contributed by atoms with Crippen molar-refractivity contribution < 1.29 is 4.74 Å². The summed E-state index contributed by atoms with van der Waals surface area (Å²) >= 11 is 5.99. The van der Waals surface area contributed by atoms with Gasteiger partial charge >= 0.3 is 0 Å². The van der Waals surface area contributed by atoms with Crippen molar-refractivity contribution in [1.82, 2.24) is 0 Å². The highest BCUT2D eigenvalue weighted by atomic mass is 35.5. The van der Waals surface area contributed by atoms with Crippen LogP contribution in [0.3, 0.4) is 0 Å². The second kappa shape index (κ2) is 6.50. The fourth-order valence-electron chi connectivity index (χ4n) is 1.49. The van der Waals surface area contributed by atoms with Gasteiger partial charge in [0.25, 0.3) is 0 Å². The van der Waals surface area contributed by atoms with Gasteiger partial charge in [0.05, 0.1) is 11.6 Å². The highest BCUT2D eigenvalue weighted by Gasteiger charge is 2.05. The molecule has 0 bridgehead atoms. The van der Waals surface area contributed by atoms with Crippen LogP contribution in [0.5, 0.6) is 5.75 Å². The zero-order chi connectivity index (χ0) is 12.8. The second-order valence-electron chi connectivity index (χ2n) is 4.44. The minimum absolute atomic E-state index is 0.0265. The fourth-order valence-corrected chi connectivity index (χ4v) is 1.76. The van der Waals surface area contributed by atoms with Crippen molar-refractivity contribution >= 4 is 17.4 Å². The SMILES string of the molecule is CC(C)CCCOc1ccc(C(=N)N)c(Cl)c1. The summed E-state index contributed by atoms with van der Waals surface area (Å²) in [5, 5.41) is 7.77. The van der Waals surface area contributed by atoms with Crippen molar-refractivity contribution in [3.8, 4) is 5.75 Å². The van der Waals surface area contributed by atoms with Crippen LogP contribution in [0.2, 0.25) is 5.02 Å². The molecule has 1 rings (SSSR count). The van der Waals surface area contributed by atoms with Gasteiger partial charge < -0.3 is 10.5 Å². The van der Waals surface area contributed by atoms with Crippen LogP contribution in [0, 0.1) is 11.3 Å². The molecule has 0 unspecified atom stereocenters. The lowest BCUT2D eigenvalue weighted by Gasteiger charge is -2.09. The van der Waals surface area contributed by atoms with E-state index in [0.717, 1.165) is 18.6 Å². The second-order valence-corrected chi connectivity index (χ2v) is 4.85. The first-order valence-electron chi connectivity index (χ1n) is 5.77. The molecule has 17 heavy (non-hydrogen) atoms. The predicted molar refractivity (Wildman–Crippen MR) is 72.0 cm³/mol. The molecule has 0 heterocycles. The van der Waals surface area contributed by atoms with E-state index in [-0.39, 0.29) is 5.84 Å². The molecule has 0 fully saturated rings. The third-order valence-electron chi connectivity index (χ3n) is 2.43. The van der Waals surface area contributed by atoms with Crippen LogP contribution >= 0.6 is 11.6 Å². The Morgan fingerprint density at radius 1 is 1.47 bits per heavy atom. The molecule has 4 heteroatoms. The van der Waals surface area contributed by atoms with Crippen molar-refractivity contribution in [3.63, 3.8) is 0 Å². The third-order valence-corrected chi connectivity index (χ3v) is 2.74. The van der Waals surface area contributed by atoms with Crippen LogP contribution in [-0.4, -0.2) is 12.4 Å². The van der Waals surface area contributed by atoms with Crippen molar-refractivity contribution in [2.45, 2.75) is 26.7 Å². The van der Waals surface area contributed by atoms with Crippen LogP contribution in [0.15, 0.2) is 18.2 Å². The Hall–Kier alpha value is -1.22. The summed E-state index contributed by atoms with van der Waals surface area (Å²) in [7, 11) is 0. The van der Waals surface area contributed by atoms with Gasteiger partial charge in [-0.2, -0.15) is 0 Å². The molecule has 0 aliphatic rings. The largest absolute Gasteiger partial charge is 0.494 e. The van der Waals surface area contributed by atoms with E-state index in [1.54, 1.807) is 18.2 Å². The molecule has 3 N–H and O–H groups in total. The Labute approximate surface area is 107 Å². The first-order chi connectivity index (χ1) is 8.00. The summed E-state index contributed by atoms with van der Waals surface area (Å²) in [6, 6.07) is 5.20. The molecule has 3 nitrogen and oxygen atoms in total. The molecule has 1 aromatic carbocycles. The van der Waals surface area contributed by atoms with E-state index in [2.05, 4.69) is 13.8 Å². The Morgan fingerprint density at radius 3 is 2.71 bits per heavy atom. The van der Waals surface area contributed by atoms with Crippen LogP contribution in [0.25, 0.3) is 0 Å². The highest BCUT2D eigenvalue weighted by molar-refractivity contribution is 6.34. The van der Waals surface area contributed by atoms with E-state index >= 15 is 0 Å². The third kappa shape index (κ3) is 4.65. The normalized spacial score (nSPS) is 10.6. The first kappa shape index (κ1) is 13.8. The molecule has 94 valence electrons. The quantitative estimate of drug-likeness (QED) is 0.464. The number of benzene rings is 1. The summed E-state index contributed by atoms with van der Waals surface area (Å²) in [5.74, 6) is 1.40. The van der Waals surface area contributed by atoms with Gasteiger partial charge in [0.1, 0.15) is 11.6 Å². The topological polar surface area (TPSA) is 59.1 Å². The number of nitrogens with one attached hydrogen (secondary N) is 1. The number of halogens is 1. The van der Waals surface area contributed by atoms with E-state index < -0.39 is 0 Å². The van der Waals surface area contributed by atoms with E-state index in [1.165, 1.54) is 0 Å². The van der Waals surface area contributed by atoms with E-state index in [4.69, 9.17) is 27.5 Å². The highest BCUT2D eigenvalue weighted by Crippen LogP contribution is 2.22. The van der Waals surface area contributed by atoms with Crippen molar-refractivity contribution in [3.05, 3.63) is 28.8 Å².